The van der Waals surface area contributed by atoms with Crippen LogP contribution in [0.4, 0.5) is 0 Å². The lowest BCUT2D eigenvalue weighted by atomic mass is 10.3. The van der Waals surface area contributed by atoms with Gasteiger partial charge in [-0.15, -0.1) is 0 Å². The van der Waals surface area contributed by atoms with Gasteiger partial charge in [0, 0.05) is 0 Å². The SMILES string of the molecule is COc1ccc(S(=O)(=O)OCCOc2ccccc2)cc1. The molecule has 0 unspecified atom stereocenters. The van der Waals surface area contributed by atoms with Gasteiger partial charge in [-0.25, -0.2) is 0 Å². The number of benzene rings is 2. The molecule has 112 valence electrons. The maximum Gasteiger partial charge on any atom is 0.297 e. The van der Waals surface area contributed by atoms with Gasteiger partial charge in [0.25, 0.3) is 10.1 Å². The van der Waals surface area contributed by atoms with E-state index in [0.29, 0.717) is 11.5 Å². The highest BCUT2D eigenvalue weighted by molar-refractivity contribution is 7.86. The molecule has 0 fully saturated rings. The van der Waals surface area contributed by atoms with Crippen molar-refractivity contribution in [2.24, 2.45) is 0 Å². The van der Waals surface area contributed by atoms with E-state index in [1.54, 1.807) is 24.3 Å². The van der Waals surface area contributed by atoms with E-state index < -0.39 is 10.1 Å². The van der Waals surface area contributed by atoms with Crippen molar-refractivity contribution in [3.63, 3.8) is 0 Å². The van der Waals surface area contributed by atoms with Crippen LogP contribution in [0.2, 0.25) is 0 Å². The van der Waals surface area contributed by atoms with E-state index in [4.69, 9.17) is 13.7 Å². The van der Waals surface area contributed by atoms with Gasteiger partial charge in [-0.3, -0.25) is 4.18 Å². The Morgan fingerprint density at radius 3 is 2.14 bits per heavy atom. The highest BCUT2D eigenvalue weighted by Gasteiger charge is 2.14. The normalized spacial score (nSPS) is 11.1. The molecule has 0 aliphatic rings. The molecule has 2 aromatic rings. The predicted octanol–water partition coefficient (Wildman–Crippen LogP) is 2.48. The second kappa shape index (κ2) is 7.10. The van der Waals surface area contributed by atoms with Crippen LogP contribution in [0.3, 0.4) is 0 Å². The summed E-state index contributed by atoms with van der Waals surface area (Å²) in [5.74, 6) is 1.25. The molecule has 5 nitrogen and oxygen atoms in total. The number of methoxy groups -OCH3 is 1. The molecule has 0 heterocycles. The minimum atomic E-state index is -3.78. The summed E-state index contributed by atoms with van der Waals surface area (Å²) in [7, 11) is -2.26. The van der Waals surface area contributed by atoms with E-state index in [1.807, 2.05) is 18.2 Å². The first-order valence-electron chi connectivity index (χ1n) is 6.33. The molecule has 0 spiro atoms. The van der Waals surface area contributed by atoms with Gasteiger partial charge in [-0.05, 0) is 36.4 Å². The summed E-state index contributed by atoms with van der Waals surface area (Å²) in [6.45, 7) is 0.0999. The van der Waals surface area contributed by atoms with E-state index in [2.05, 4.69) is 0 Å². The fraction of sp³-hybridized carbons (Fsp3) is 0.200. The minimum absolute atomic E-state index is 0.0523. The highest BCUT2D eigenvalue weighted by Crippen LogP contribution is 2.17. The van der Waals surface area contributed by atoms with Crippen molar-refractivity contribution in [1.82, 2.24) is 0 Å². The maximum atomic E-state index is 11.9. The Labute approximate surface area is 124 Å². The van der Waals surface area contributed by atoms with Crippen LogP contribution in [0.15, 0.2) is 59.5 Å². The van der Waals surface area contributed by atoms with E-state index in [9.17, 15) is 8.42 Å². The first kappa shape index (κ1) is 15.3. The molecule has 6 heteroatoms. The molecule has 0 saturated carbocycles. The molecule has 0 aliphatic carbocycles. The first-order valence-corrected chi connectivity index (χ1v) is 7.74. The van der Waals surface area contributed by atoms with Crippen molar-refractivity contribution in [3.05, 3.63) is 54.6 Å². The fourth-order valence-corrected chi connectivity index (χ4v) is 2.52. The Morgan fingerprint density at radius 1 is 0.857 bits per heavy atom. The lowest BCUT2D eigenvalue weighted by Gasteiger charge is -2.08. The third-order valence-electron chi connectivity index (χ3n) is 2.68. The van der Waals surface area contributed by atoms with Crippen LogP contribution in [0.1, 0.15) is 0 Å². The Kier molecular flexibility index (Phi) is 5.19. The van der Waals surface area contributed by atoms with Crippen molar-refractivity contribution in [2.75, 3.05) is 20.3 Å². The number of hydrogen-bond acceptors (Lipinski definition) is 5. The summed E-state index contributed by atoms with van der Waals surface area (Å²) in [5, 5.41) is 0. The highest BCUT2D eigenvalue weighted by atomic mass is 32.2. The van der Waals surface area contributed by atoms with Gasteiger partial charge in [0.2, 0.25) is 0 Å². The summed E-state index contributed by atoms with van der Waals surface area (Å²) in [5.41, 5.74) is 0. The van der Waals surface area contributed by atoms with Crippen molar-refractivity contribution < 1.29 is 22.1 Å². The van der Waals surface area contributed by atoms with Gasteiger partial charge in [0.15, 0.2) is 0 Å². The Morgan fingerprint density at radius 2 is 1.52 bits per heavy atom. The van der Waals surface area contributed by atoms with Gasteiger partial charge >= 0.3 is 0 Å². The van der Waals surface area contributed by atoms with Gasteiger partial charge in [0.1, 0.15) is 24.7 Å². The van der Waals surface area contributed by atoms with E-state index in [0.717, 1.165) is 0 Å². The lowest BCUT2D eigenvalue weighted by molar-refractivity contribution is 0.221. The van der Waals surface area contributed by atoms with Crippen LogP contribution >= 0.6 is 0 Å². The van der Waals surface area contributed by atoms with Gasteiger partial charge in [-0.1, -0.05) is 18.2 Å². The Hall–Kier alpha value is -2.05. The minimum Gasteiger partial charge on any atom is -0.497 e. The Bertz CT molecular complexity index is 650. The van der Waals surface area contributed by atoms with E-state index in [-0.39, 0.29) is 18.1 Å². The van der Waals surface area contributed by atoms with Crippen LogP contribution in [0.25, 0.3) is 0 Å². The number of para-hydroxylation sites is 1. The lowest BCUT2D eigenvalue weighted by Crippen LogP contribution is -2.13. The van der Waals surface area contributed by atoms with Crippen LogP contribution < -0.4 is 9.47 Å². The average molecular weight is 308 g/mol. The second-order valence-corrected chi connectivity index (χ2v) is 5.73. The molecule has 0 atom stereocenters. The zero-order chi connectivity index (χ0) is 15.1. The first-order chi connectivity index (χ1) is 10.1. The van der Waals surface area contributed by atoms with Gasteiger partial charge in [0.05, 0.1) is 12.0 Å². The third-order valence-corrected chi connectivity index (χ3v) is 4.01. The molecule has 2 rings (SSSR count). The quantitative estimate of drug-likeness (QED) is 0.581. The number of rotatable bonds is 7. The summed E-state index contributed by atoms with van der Waals surface area (Å²) in [6, 6.07) is 15.1. The van der Waals surface area contributed by atoms with Crippen LogP contribution in [-0.4, -0.2) is 28.7 Å². The summed E-state index contributed by atoms with van der Waals surface area (Å²) in [6.07, 6.45) is 0. The number of ether oxygens (including phenoxy) is 2. The molecule has 21 heavy (non-hydrogen) atoms. The predicted molar refractivity (Wildman–Crippen MR) is 78.1 cm³/mol. The van der Waals surface area contributed by atoms with Crippen LogP contribution in [-0.2, 0) is 14.3 Å². The van der Waals surface area contributed by atoms with Crippen molar-refractivity contribution in [2.45, 2.75) is 4.90 Å². The molecule has 0 bridgehead atoms. The molecule has 0 amide bonds. The monoisotopic (exact) mass is 308 g/mol. The topological polar surface area (TPSA) is 61.8 Å². The van der Waals surface area contributed by atoms with Gasteiger partial charge in [-0.2, -0.15) is 8.42 Å². The largest absolute Gasteiger partial charge is 0.497 e. The number of hydrogen-bond donors (Lipinski definition) is 0. The average Bonchev–Trinajstić information content (AvgIpc) is 2.53. The molecule has 0 saturated heterocycles. The Balaban J connectivity index is 1.86. The summed E-state index contributed by atoms with van der Waals surface area (Å²) >= 11 is 0. The van der Waals surface area contributed by atoms with Crippen molar-refractivity contribution in [3.8, 4) is 11.5 Å². The van der Waals surface area contributed by atoms with Crippen LogP contribution in [0, 0.1) is 0 Å². The molecule has 0 N–H and O–H groups in total. The van der Waals surface area contributed by atoms with E-state index in [1.165, 1.54) is 19.2 Å². The molecule has 0 radical (unpaired) electrons. The summed E-state index contributed by atoms with van der Waals surface area (Å²) < 4.78 is 39.1. The molecular weight excluding hydrogens is 292 g/mol. The standard InChI is InChI=1S/C15H16O5S/c1-18-13-7-9-15(10-8-13)21(16,17)20-12-11-19-14-5-3-2-4-6-14/h2-10H,11-12H2,1H3. The maximum absolute atomic E-state index is 11.9. The molecular formula is C15H16O5S. The molecule has 2 aromatic carbocycles. The van der Waals surface area contributed by atoms with E-state index >= 15 is 0 Å². The third kappa shape index (κ3) is 4.47. The van der Waals surface area contributed by atoms with Gasteiger partial charge < -0.3 is 9.47 Å². The molecule has 0 aliphatic heterocycles. The second-order valence-electron chi connectivity index (χ2n) is 4.11. The van der Waals surface area contributed by atoms with Crippen LogP contribution in [0.5, 0.6) is 11.5 Å². The smallest absolute Gasteiger partial charge is 0.297 e. The van der Waals surface area contributed by atoms with Crippen molar-refractivity contribution >= 4 is 10.1 Å². The zero-order valence-electron chi connectivity index (χ0n) is 11.6. The zero-order valence-corrected chi connectivity index (χ0v) is 12.4. The molecule has 0 aromatic heterocycles. The fourth-order valence-electron chi connectivity index (χ4n) is 1.63. The summed E-state index contributed by atoms with van der Waals surface area (Å²) in [4.78, 5) is 0.0861. The van der Waals surface area contributed by atoms with Crippen molar-refractivity contribution in [1.29, 1.82) is 0 Å².